The zero-order valence-corrected chi connectivity index (χ0v) is 21.0. The lowest BCUT2D eigenvalue weighted by molar-refractivity contribution is -0.143. The van der Waals surface area contributed by atoms with Crippen molar-refractivity contribution in [2.75, 3.05) is 13.2 Å². The van der Waals surface area contributed by atoms with Crippen molar-refractivity contribution in [3.8, 4) is 5.75 Å². The molecular weight excluding hydrogens is 503 g/mol. The van der Waals surface area contributed by atoms with E-state index in [0.717, 1.165) is 22.0 Å². The first-order valence-electron chi connectivity index (χ1n) is 10.2. The number of carbonyl (C=O) groups excluding carboxylic acids is 2. The fraction of sp³-hybridized carbons (Fsp3) is 0.391. The highest BCUT2D eigenvalue weighted by Crippen LogP contribution is 2.25. The normalized spacial score (nSPS) is 11.7. The molecule has 0 bridgehead atoms. The lowest BCUT2D eigenvalue weighted by Gasteiger charge is -2.30. The molecule has 0 aliphatic heterocycles. The maximum Gasteiger partial charge on any atom is 0.261 e. The summed E-state index contributed by atoms with van der Waals surface area (Å²) in [5, 5.41) is 3.72. The van der Waals surface area contributed by atoms with Crippen LogP contribution < -0.4 is 10.1 Å². The summed E-state index contributed by atoms with van der Waals surface area (Å²) in [5.74, 6) is 0.120. The number of nitrogens with zero attached hydrogens (tertiary/aromatic N) is 1. The molecule has 0 aromatic heterocycles. The molecule has 0 saturated carbocycles. The SMILES string of the molecule is CCCNC(=O)[C@@H](CC)N(Cc1ccc(Cl)c(Cl)c1)C(=O)COc1ccc(Br)c(C)c1. The van der Waals surface area contributed by atoms with Crippen LogP contribution in [-0.4, -0.2) is 35.9 Å². The van der Waals surface area contributed by atoms with E-state index >= 15 is 0 Å². The van der Waals surface area contributed by atoms with Gasteiger partial charge in [0.1, 0.15) is 11.8 Å². The Kier molecular flexibility index (Phi) is 10.1. The Morgan fingerprint density at radius 1 is 1.13 bits per heavy atom. The summed E-state index contributed by atoms with van der Waals surface area (Å²) in [6, 6.07) is 10.1. The Morgan fingerprint density at radius 3 is 2.48 bits per heavy atom. The predicted molar refractivity (Wildman–Crippen MR) is 129 cm³/mol. The monoisotopic (exact) mass is 528 g/mol. The summed E-state index contributed by atoms with van der Waals surface area (Å²) in [4.78, 5) is 27.4. The summed E-state index contributed by atoms with van der Waals surface area (Å²) >= 11 is 15.6. The lowest BCUT2D eigenvalue weighted by Crippen LogP contribution is -2.50. The van der Waals surface area contributed by atoms with E-state index < -0.39 is 6.04 Å². The molecule has 0 fully saturated rings. The van der Waals surface area contributed by atoms with Crippen molar-refractivity contribution >= 4 is 50.9 Å². The van der Waals surface area contributed by atoms with Crippen LogP contribution in [0.1, 0.15) is 37.8 Å². The van der Waals surface area contributed by atoms with Gasteiger partial charge in [0.25, 0.3) is 5.91 Å². The van der Waals surface area contributed by atoms with E-state index in [4.69, 9.17) is 27.9 Å². The van der Waals surface area contributed by atoms with Crippen LogP contribution in [-0.2, 0) is 16.1 Å². The van der Waals surface area contributed by atoms with Gasteiger partial charge in [-0.05, 0) is 61.2 Å². The van der Waals surface area contributed by atoms with E-state index in [0.29, 0.717) is 28.8 Å². The van der Waals surface area contributed by atoms with Crippen LogP contribution in [0, 0.1) is 6.92 Å². The number of carbonyl (C=O) groups is 2. The van der Waals surface area contributed by atoms with Gasteiger partial charge in [0, 0.05) is 17.6 Å². The molecule has 0 spiro atoms. The molecule has 0 heterocycles. The molecule has 1 atom stereocenters. The molecule has 2 amide bonds. The van der Waals surface area contributed by atoms with Crippen molar-refractivity contribution in [3.63, 3.8) is 0 Å². The number of amides is 2. The topological polar surface area (TPSA) is 58.6 Å². The number of halogens is 3. The molecule has 0 aliphatic rings. The van der Waals surface area contributed by atoms with E-state index in [1.165, 1.54) is 4.90 Å². The minimum absolute atomic E-state index is 0.181. The fourth-order valence-electron chi connectivity index (χ4n) is 3.06. The fourth-order valence-corrected chi connectivity index (χ4v) is 3.62. The molecule has 2 aromatic carbocycles. The van der Waals surface area contributed by atoms with Crippen molar-refractivity contribution in [3.05, 3.63) is 62.0 Å². The van der Waals surface area contributed by atoms with Gasteiger partial charge in [-0.3, -0.25) is 9.59 Å². The van der Waals surface area contributed by atoms with Gasteiger partial charge < -0.3 is 15.0 Å². The number of benzene rings is 2. The molecule has 0 unspecified atom stereocenters. The van der Waals surface area contributed by atoms with Crippen LogP contribution in [0.15, 0.2) is 40.9 Å². The first-order chi connectivity index (χ1) is 14.8. The molecule has 2 aromatic rings. The molecule has 168 valence electrons. The van der Waals surface area contributed by atoms with E-state index in [1.807, 2.05) is 32.9 Å². The maximum absolute atomic E-state index is 13.2. The van der Waals surface area contributed by atoms with Crippen LogP contribution in [0.3, 0.4) is 0 Å². The molecule has 5 nitrogen and oxygen atoms in total. The third-order valence-electron chi connectivity index (χ3n) is 4.76. The van der Waals surface area contributed by atoms with Gasteiger partial charge in [-0.1, -0.05) is 59.0 Å². The molecule has 2 rings (SSSR count). The van der Waals surface area contributed by atoms with E-state index in [-0.39, 0.29) is 25.0 Å². The van der Waals surface area contributed by atoms with Crippen molar-refractivity contribution in [2.24, 2.45) is 0 Å². The third-order valence-corrected chi connectivity index (χ3v) is 6.39. The molecule has 1 N–H and O–H groups in total. The van der Waals surface area contributed by atoms with Crippen LogP contribution in [0.5, 0.6) is 5.75 Å². The average molecular weight is 530 g/mol. The highest BCUT2D eigenvalue weighted by molar-refractivity contribution is 9.10. The Labute approximate surface area is 202 Å². The zero-order chi connectivity index (χ0) is 23.0. The quantitative estimate of drug-likeness (QED) is 0.424. The van der Waals surface area contributed by atoms with Crippen molar-refractivity contribution in [1.29, 1.82) is 0 Å². The standard InChI is InChI=1S/C23H27BrCl2N2O3/c1-4-10-27-23(30)21(5-2)28(13-16-6-9-19(25)20(26)12-16)22(29)14-31-17-7-8-18(24)15(3)11-17/h6-9,11-12,21H,4-5,10,13-14H2,1-3H3,(H,27,30)/t21-/m1/s1. The summed E-state index contributed by atoms with van der Waals surface area (Å²) in [5.41, 5.74) is 1.78. The molecule has 0 saturated heterocycles. The van der Waals surface area contributed by atoms with Crippen LogP contribution in [0.4, 0.5) is 0 Å². The Hall–Kier alpha value is -1.76. The first kappa shape index (κ1) is 25.5. The van der Waals surface area contributed by atoms with E-state index in [2.05, 4.69) is 21.2 Å². The van der Waals surface area contributed by atoms with E-state index in [1.54, 1.807) is 24.3 Å². The van der Waals surface area contributed by atoms with Crippen molar-refractivity contribution in [1.82, 2.24) is 10.2 Å². The van der Waals surface area contributed by atoms with E-state index in [9.17, 15) is 9.59 Å². The first-order valence-corrected chi connectivity index (χ1v) is 11.7. The second kappa shape index (κ2) is 12.3. The van der Waals surface area contributed by atoms with Gasteiger partial charge in [-0.15, -0.1) is 0 Å². The molecule has 31 heavy (non-hydrogen) atoms. The summed E-state index contributed by atoms with van der Waals surface area (Å²) in [7, 11) is 0. The van der Waals surface area contributed by atoms with Gasteiger partial charge in [-0.25, -0.2) is 0 Å². The molecular formula is C23H27BrCl2N2O3. The van der Waals surface area contributed by atoms with Crippen LogP contribution in [0.25, 0.3) is 0 Å². The van der Waals surface area contributed by atoms with Gasteiger partial charge in [0.15, 0.2) is 6.61 Å². The third kappa shape index (κ3) is 7.41. The molecule has 0 aliphatic carbocycles. The van der Waals surface area contributed by atoms with Gasteiger partial charge in [0.2, 0.25) is 5.91 Å². The van der Waals surface area contributed by atoms with Crippen molar-refractivity contribution in [2.45, 2.75) is 46.2 Å². The molecule has 8 heteroatoms. The number of aryl methyl sites for hydroxylation is 1. The summed E-state index contributed by atoms with van der Waals surface area (Å²) < 4.78 is 6.69. The Bertz CT molecular complexity index is 924. The number of rotatable bonds is 10. The van der Waals surface area contributed by atoms with Crippen LogP contribution in [0.2, 0.25) is 10.0 Å². The number of hydrogen-bond acceptors (Lipinski definition) is 3. The van der Waals surface area contributed by atoms with Crippen molar-refractivity contribution < 1.29 is 14.3 Å². The molecule has 0 radical (unpaired) electrons. The Morgan fingerprint density at radius 2 is 1.87 bits per heavy atom. The second-order valence-corrected chi connectivity index (χ2v) is 8.85. The minimum Gasteiger partial charge on any atom is -0.484 e. The Balaban J connectivity index is 2.23. The lowest BCUT2D eigenvalue weighted by atomic mass is 10.1. The highest BCUT2D eigenvalue weighted by atomic mass is 79.9. The highest BCUT2D eigenvalue weighted by Gasteiger charge is 2.29. The van der Waals surface area contributed by atoms with Crippen LogP contribution >= 0.6 is 39.1 Å². The van der Waals surface area contributed by atoms with Gasteiger partial charge >= 0.3 is 0 Å². The predicted octanol–water partition coefficient (Wildman–Crippen LogP) is 5.78. The maximum atomic E-state index is 13.2. The number of ether oxygens (including phenoxy) is 1. The summed E-state index contributed by atoms with van der Waals surface area (Å²) in [6.45, 7) is 6.40. The summed E-state index contributed by atoms with van der Waals surface area (Å²) in [6.07, 6.45) is 1.29. The van der Waals surface area contributed by atoms with Gasteiger partial charge in [0.05, 0.1) is 10.0 Å². The minimum atomic E-state index is -0.622. The van der Waals surface area contributed by atoms with Gasteiger partial charge in [-0.2, -0.15) is 0 Å². The number of nitrogens with one attached hydrogen (secondary N) is 1. The average Bonchev–Trinajstić information content (AvgIpc) is 2.75. The second-order valence-electron chi connectivity index (χ2n) is 7.18. The number of hydrogen-bond donors (Lipinski definition) is 1. The zero-order valence-electron chi connectivity index (χ0n) is 17.9. The smallest absolute Gasteiger partial charge is 0.261 e. The largest absolute Gasteiger partial charge is 0.484 e.